The van der Waals surface area contributed by atoms with E-state index in [1.54, 1.807) is 23.5 Å². The molecule has 25 heavy (non-hydrogen) atoms. The Hall–Kier alpha value is -2.99. The minimum Gasteiger partial charge on any atom is -0.338 e. The van der Waals surface area contributed by atoms with Crippen LogP contribution >= 0.6 is 11.3 Å². The third-order valence-corrected chi connectivity index (χ3v) is 4.56. The van der Waals surface area contributed by atoms with E-state index in [-0.39, 0.29) is 11.7 Å². The molecule has 1 amide bonds. The Bertz CT molecular complexity index is 1020. The minimum absolute atomic E-state index is 0.0592. The van der Waals surface area contributed by atoms with Gasteiger partial charge in [-0.25, -0.2) is 9.37 Å². The summed E-state index contributed by atoms with van der Waals surface area (Å²) in [6.45, 7) is 0. The van der Waals surface area contributed by atoms with Crippen molar-refractivity contribution in [2.24, 2.45) is 0 Å². The summed E-state index contributed by atoms with van der Waals surface area (Å²) in [6, 6.07) is 13.6. The molecule has 2 aromatic heterocycles. The van der Waals surface area contributed by atoms with Crippen LogP contribution in [0.1, 0.15) is 5.56 Å². The van der Waals surface area contributed by atoms with E-state index in [0.29, 0.717) is 17.9 Å². The first kappa shape index (κ1) is 15.5. The van der Waals surface area contributed by atoms with Crippen LogP contribution in [0, 0.1) is 5.82 Å². The zero-order valence-corrected chi connectivity index (χ0v) is 13.9. The lowest BCUT2D eigenvalue weighted by atomic mass is 10.2. The predicted molar refractivity (Wildman–Crippen MR) is 98.1 cm³/mol. The zero-order valence-electron chi connectivity index (χ0n) is 13.1. The summed E-state index contributed by atoms with van der Waals surface area (Å²) in [4.78, 5) is 19.8. The van der Waals surface area contributed by atoms with Crippen LogP contribution in [0.4, 0.5) is 10.1 Å². The van der Waals surface area contributed by atoms with Crippen molar-refractivity contribution in [1.29, 1.82) is 0 Å². The standard InChI is InChI=1S/C19H14FN3OS/c20-14-3-1-13(2-4-14)19-22-16-6-5-15(10-17(16)23-19)21-18(24)9-12-7-8-25-11-12/h1-8,10-11H,9H2,(H,21,24)(H,22,23). The second-order valence-electron chi connectivity index (χ2n) is 5.68. The Kier molecular flexibility index (Phi) is 4.03. The van der Waals surface area contributed by atoms with Crippen LogP contribution < -0.4 is 5.32 Å². The molecule has 124 valence electrons. The highest BCUT2D eigenvalue weighted by Crippen LogP contribution is 2.23. The molecule has 2 N–H and O–H groups in total. The van der Waals surface area contributed by atoms with Crippen LogP contribution in [0.2, 0.25) is 0 Å². The van der Waals surface area contributed by atoms with E-state index in [1.807, 2.05) is 35.0 Å². The maximum Gasteiger partial charge on any atom is 0.228 e. The van der Waals surface area contributed by atoms with Crippen molar-refractivity contribution in [3.8, 4) is 11.4 Å². The fraction of sp³-hybridized carbons (Fsp3) is 0.0526. The Morgan fingerprint density at radius 3 is 2.76 bits per heavy atom. The Balaban J connectivity index is 1.55. The molecule has 0 atom stereocenters. The van der Waals surface area contributed by atoms with E-state index in [0.717, 1.165) is 22.2 Å². The molecular weight excluding hydrogens is 337 g/mol. The molecule has 0 fully saturated rings. The number of aromatic nitrogens is 2. The molecule has 4 nitrogen and oxygen atoms in total. The molecule has 2 aromatic carbocycles. The summed E-state index contributed by atoms with van der Waals surface area (Å²) in [5, 5.41) is 6.82. The first-order valence-corrected chi connectivity index (χ1v) is 8.68. The molecule has 0 unspecified atom stereocenters. The van der Waals surface area contributed by atoms with Crippen LogP contribution in [0.15, 0.2) is 59.3 Å². The van der Waals surface area contributed by atoms with Gasteiger partial charge in [-0.15, -0.1) is 0 Å². The molecule has 2 heterocycles. The van der Waals surface area contributed by atoms with Crippen molar-refractivity contribution in [1.82, 2.24) is 9.97 Å². The number of nitrogens with zero attached hydrogens (tertiary/aromatic N) is 1. The molecule has 0 spiro atoms. The average Bonchev–Trinajstić information content (AvgIpc) is 3.24. The zero-order chi connectivity index (χ0) is 17.2. The molecule has 0 aliphatic rings. The van der Waals surface area contributed by atoms with Crippen molar-refractivity contribution < 1.29 is 9.18 Å². The molecule has 0 bridgehead atoms. The van der Waals surface area contributed by atoms with E-state index in [2.05, 4.69) is 15.3 Å². The number of halogens is 1. The number of fused-ring (bicyclic) bond motifs is 1. The maximum absolute atomic E-state index is 13.0. The number of carbonyl (C=O) groups excluding carboxylic acids is 1. The summed E-state index contributed by atoms with van der Waals surface area (Å²) < 4.78 is 13.0. The van der Waals surface area contributed by atoms with E-state index in [1.165, 1.54) is 12.1 Å². The van der Waals surface area contributed by atoms with Crippen LogP contribution in [-0.2, 0) is 11.2 Å². The van der Waals surface area contributed by atoms with Gasteiger partial charge in [-0.1, -0.05) is 0 Å². The van der Waals surface area contributed by atoms with Gasteiger partial charge in [0.15, 0.2) is 0 Å². The van der Waals surface area contributed by atoms with Gasteiger partial charge in [0.05, 0.1) is 17.5 Å². The van der Waals surface area contributed by atoms with Gasteiger partial charge in [-0.3, -0.25) is 4.79 Å². The molecular formula is C19H14FN3OS. The number of imidazole rings is 1. The molecule has 0 saturated carbocycles. The molecule has 4 rings (SSSR count). The summed E-state index contributed by atoms with van der Waals surface area (Å²) in [5.41, 5.74) is 4.12. The number of benzene rings is 2. The molecule has 4 aromatic rings. The van der Waals surface area contributed by atoms with Crippen molar-refractivity contribution in [2.75, 3.05) is 5.32 Å². The minimum atomic E-state index is -0.282. The quantitative estimate of drug-likeness (QED) is 0.564. The number of nitrogens with one attached hydrogen (secondary N) is 2. The van der Waals surface area contributed by atoms with Gasteiger partial charge in [0, 0.05) is 11.3 Å². The number of amides is 1. The number of hydrogen-bond donors (Lipinski definition) is 2. The molecule has 6 heteroatoms. The second-order valence-corrected chi connectivity index (χ2v) is 6.46. The van der Waals surface area contributed by atoms with Gasteiger partial charge in [0.25, 0.3) is 0 Å². The Labute approximate surface area is 147 Å². The van der Waals surface area contributed by atoms with E-state index < -0.39 is 0 Å². The van der Waals surface area contributed by atoms with Crippen LogP contribution in [0.5, 0.6) is 0 Å². The second kappa shape index (κ2) is 6.49. The normalized spacial score (nSPS) is 10.9. The fourth-order valence-corrected chi connectivity index (χ4v) is 3.28. The number of anilines is 1. The monoisotopic (exact) mass is 351 g/mol. The SMILES string of the molecule is O=C(Cc1ccsc1)Nc1ccc2nc(-c3ccc(F)cc3)[nH]c2c1. The van der Waals surface area contributed by atoms with Crippen molar-refractivity contribution in [3.05, 3.63) is 70.7 Å². The van der Waals surface area contributed by atoms with Gasteiger partial charge in [-0.2, -0.15) is 11.3 Å². The predicted octanol–water partition coefficient (Wildman–Crippen LogP) is 4.61. The van der Waals surface area contributed by atoms with E-state index >= 15 is 0 Å². The third-order valence-electron chi connectivity index (χ3n) is 3.83. The Morgan fingerprint density at radius 2 is 2.00 bits per heavy atom. The summed E-state index contributed by atoms with van der Waals surface area (Å²) in [6.07, 6.45) is 0.353. The summed E-state index contributed by atoms with van der Waals surface area (Å²) in [7, 11) is 0. The number of rotatable bonds is 4. The topological polar surface area (TPSA) is 57.8 Å². The average molecular weight is 351 g/mol. The van der Waals surface area contributed by atoms with Gasteiger partial charge in [0.1, 0.15) is 11.6 Å². The number of H-pyrrole nitrogens is 1. The number of aromatic amines is 1. The highest BCUT2D eigenvalue weighted by molar-refractivity contribution is 7.08. The fourth-order valence-electron chi connectivity index (χ4n) is 2.62. The third kappa shape index (κ3) is 3.44. The first-order valence-electron chi connectivity index (χ1n) is 7.74. The lowest BCUT2D eigenvalue weighted by Gasteiger charge is -2.04. The smallest absolute Gasteiger partial charge is 0.228 e. The van der Waals surface area contributed by atoms with Gasteiger partial charge in [-0.05, 0) is 64.9 Å². The van der Waals surface area contributed by atoms with Crippen molar-refractivity contribution in [3.63, 3.8) is 0 Å². The van der Waals surface area contributed by atoms with Gasteiger partial charge < -0.3 is 10.3 Å². The van der Waals surface area contributed by atoms with Crippen molar-refractivity contribution in [2.45, 2.75) is 6.42 Å². The molecule has 0 radical (unpaired) electrons. The van der Waals surface area contributed by atoms with Crippen LogP contribution in [0.25, 0.3) is 22.4 Å². The lowest BCUT2D eigenvalue weighted by Crippen LogP contribution is -2.13. The summed E-state index contributed by atoms with van der Waals surface area (Å²) >= 11 is 1.57. The summed E-state index contributed by atoms with van der Waals surface area (Å²) in [5.74, 6) is 0.322. The number of hydrogen-bond acceptors (Lipinski definition) is 3. The number of thiophene rings is 1. The Morgan fingerprint density at radius 1 is 1.16 bits per heavy atom. The molecule has 0 saturated heterocycles. The number of carbonyl (C=O) groups is 1. The largest absolute Gasteiger partial charge is 0.338 e. The highest BCUT2D eigenvalue weighted by Gasteiger charge is 2.08. The lowest BCUT2D eigenvalue weighted by molar-refractivity contribution is -0.115. The maximum atomic E-state index is 13.0. The molecule has 0 aliphatic carbocycles. The van der Waals surface area contributed by atoms with Crippen LogP contribution in [0.3, 0.4) is 0 Å². The van der Waals surface area contributed by atoms with E-state index in [9.17, 15) is 9.18 Å². The van der Waals surface area contributed by atoms with Crippen molar-refractivity contribution >= 4 is 34.0 Å². The van der Waals surface area contributed by atoms with Gasteiger partial charge in [0.2, 0.25) is 5.91 Å². The van der Waals surface area contributed by atoms with E-state index in [4.69, 9.17) is 0 Å². The first-order chi connectivity index (χ1) is 12.2. The molecule has 0 aliphatic heterocycles. The van der Waals surface area contributed by atoms with Crippen LogP contribution in [-0.4, -0.2) is 15.9 Å². The highest BCUT2D eigenvalue weighted by atomic mass is 32.1. The van der Waals surface area contributed by atoms with Gasteiger partial charge >= 0.3 is 0 Å².